The van der Waals surface area contributed by atoms with Crippen LogP contribution in [0.15, 0.2) is 48.5 Å². The van der Waals surface area contributed by atoms with E-state index in [1.807, 2.05) is 62.6 Å². The number of hydrogen-bond acceptors (Lipinski definition) is 4. The number of halogens is 1. The van der Waals surface area contributed by atoms with E-state index in [4.69, 9.17) is 12.2 Å². The minimum atomic E-state index is -0.232. The van der Waals surface area contributed by atoms with Gasteiger partial charge < -0.3 is 10.2 Å². The summed E-state index contributed by atoms with van der Waals surface area (Å²) in [5, 5.41) is 6.00. The zero-order valence-corrected chi connectivity index (χ0v) is 22.2. The molecule has 0 aliphatic rings. The lowest BCUT2D eigenvalue weighted by Crippen LogP contribution is -2.34. The van der Waals surface area contributed by atoms with Crippen molar-refractivity contribution in [3.63, 3.8) is 0 Å². The van der Waals surface area contributed by atoms with Gasteiger partial charge in [0.1, 0.15) is 5.78 Å². The Morgan fingerprint density at radius 2 is 1.53 bits per heavy atom. The molecule has 0 spiro atoms. The molecule has 0 aliphatic carbocycles. The Labute approximate surface area is 216 Å². The van der Waals surface area contributed by atoms with Crippen LogP contribution in [0.5, 0.6) is 0 Å². The largest absolute Gasteiger partial charge is 0.332 e. The van der Waals surface area contributed by atoms with E-state index in [0.29, 0.717) is 18.4 Å². The Hall–Kier alpha value is -2.28. The van der Waals surface area contributed by atoms with Crippen LogP contribution >= 0.6 is 24.6 Å². The summed E-state index contributed by atoms with van der Waals surface area (Å²) in [5.41, 5.74) is 3.58. The number of thiocarbonyl (C=S) groups is 1. The number of ketones is 1. The van der Waals surface area contributed by atoms with Gasteiger partial charge in [0.25, 0.3) is 5.91 Å². The molecule has 0 radical (unpaired) electrons. The van der Waals surface area contributed by atoms with Crippen LogP contribution in [0.4, 0.5) is 5.69 Å². The lowest BCUT2D eigenvalue weighted by molar-refractivity contribution is -0.118. The van der Waals surface area contributed by atoms with Gasteiger partial charge in [-0.05, 0) is 93.9 Å². The number of carbonyl (C=O) groups is 2. The third-order valence-corrected chi connectivity index (χ3v) is 5.64. The minimum Gasteiger partial charge on any atom is -0.332 e. The molecule has 0 fully saturated rings. The van der Waals surface area contributed by atoms with Crippen molar-refractivity contribution in [3.05, 3.63) is 65.2 Å². The summed E-state index contributed by atoms with van der Waals surface area (Å²) < 4.78 is 0. The number of rotatable bonds is 13. The quantitative estimate of drug-likeness (QED) is 0.267. The van der Waals surface area contributed by atoms with Gasteiger partial charge in [0, 0.05) is 24.1 Å². The summed E-state index contributed by atoms with van der Waals surface area (Å²) in [4.78, 5) is 26.8. The van der Waals surface area contributed by atoms with Gasteiger partial charge in [0.05, 0.1) is 0 Å². The van der Waals surface area contributed by atoms with Crippen LogP contribution in [0.3, 0.4) is 0 Å². The molecule has 7 heteroatoms. The summed E-state index contributed by atoms with van der Waals surface area (Å²) in [6.45, 7) is 3.20. The topological polar surface area (TPSA) is 61.4 Å². The Balaban J connectivity index is 0.00000578. The van der Waals surface area contributed by atoms with Gasteiger partial charge in [0.2, 0.25) is 0 Å². The molecule has 0 saturated heterocycles. The second kappa shape index (κ2) is 16.4. The summed E-state index contributed by atoms with van der Waals surface area (Å²) >= 11 is 5.29. The molecule has 0 aromatic heterocycles. The molecule has 2 aromatic carbocycles. The van der Waals surface area contributed by atoms with Gasteiger partial charge in [0.15, 0.2) is 5.11 Å². The summed E-state index contributed by atoms with van der Waals surface area (Å²) in [6.07, 6.45) is 7.63. The smallest absolute Gasteiger partial charge is 0.257 e. The van der Waals surface area contributed by atoms with Crippen molar-refractivity contribution in [2.45, 2.75) is 58.3 Å². The third kappa shape index (κ3) is 11.7. The maximum absolute atomic E-state index is 12.5. The molecule has 2 aromatic rings. The number of nitrogens with zero attached hydrogens (tertiary/aromatic N) is 1. The molecule has 0 unspecified atom stereocenters. The number of benzene rings is 2. The second-order valence-corrected chi connectivity index (χ2v) is 9.14. The van der Waals surface area contributed by atoms with Crippen LogP contribution in [0.2, 0.25) is 0 Å². The van der Waals surface area contributed by atoms with Crippen molar-refractivity contribution in [1.29, 1.82) is 0 Å². The normalized spacial score (nSPS) is 10.5. The molecule has 0 saturated carbocycles. The molecule has 0 bridgehead atoms. The van der Waals surface area contributed by atoms with E-state index >= 15 is 0 Å². The summed E-state index contributed by atoms with van der Waals surface area (Å²) in [5.74, 6) is 0.0257. The van der Waals surface area contributed by atoms with Crippen LogP contribution < -0.4 is 10.6 Å². The first-order valence-electron chi connectivity index (χ1n) is 11.8. The first-order chi connectivity index (χ1) is 15.9. The Morgan fingerprint density at radius 3 is 2.15 bits per heavy atom. The van der Waals surface area contributed by atoms with Crippen LogP contribution in [0.25, 0.3) is 0 Å². The summed E-state index contributed by atoms with van der Waals surface area (Å²) in [6, 6.07) is 15.3. The number of anilines is 1. The highest BCUT2D eigenvalue weighted by Gasteiger charge is 2.09. The lowest BCUT2D eigenvalue weighted by atomic mass is 10.0. The Bertz CT molecular complexity index is 899. The standard InChI is InChI=1S/C27H37N3O2S.ClH/c1-4-5-6-9-21-11-15-23(16-12-21)26(32)29-27(33)28-24-17-13-22(14-18-24)20-25(31)10-7-8-19-30(2)3;/h11-18H,4-10,19-20H2,1-3H3,(H2,28,29,32,33);1H. The highest BCUT2D eigenvalue weighted by Crippen LogP contribution is 2.12. The molecular formula is C27H38ClN3O2S. The van der Waals surface area contributed by atoms with E-state index in [2.05, 4.69) is 22.5 Å². The van der Waals surface area contributed by atoms with Crippen LogP contribution in [-0.4, -0.2) is 42.3 Å². The number of nitrogens with one attached hydrogen (secondary N) is 2. The van der Waals surface area contributed by atoms with Crippen LogP contribution in [-0.2, 0) is 17.6 Å². The highest BCUT2D eigenvalue weighted by molar-refractivity contribution is 7.80. The van der Waals surface area contributed by atoms with E-state index in [1.165, 1.54) is 24.8 Å². The third-order valence-electron chi connectivity index (χ3n) is 5.44. The van der Waals surface area contributed by atoms with Crippen LogP contribution in [0.1, 0.15) is 66.9 Å². The van der Waals surface area contributed by atoms with Crippen LogP contribution in [0, 0.1) is 0 Å². The average Bonchev–Trinajstić information content (AvgIpc) is 2.78. The lowest BCUT2D eigenvalue weighted by Gasteiger charge is -2.11. The predicted molar refractivity (Wildman–Crippen MR) is 148 cm³/mol. The fourth-order valence-corrected chi connectivity index (χ4v) is 3.72. The molecule has 0 aliphatic heterocycles. The summed E-state index contributed by atoms with van der Waals surface area (Å²) in [7, 11) is 4.09. The van der Waals surface area contributed by atoms with Gasteiger partial charge in [-0.2, -0.15) is 0 Å². The fraction of sp³-hybridized carbons (Fsp3) is 0.444. The molecule has 0 heterocycles. The number of hydrogen-bond donors (Lipinski definition) is 2. The molecule has 1 amide bonds. The fourth-order valence-electron chi connectivity index (χ4n) is 3.51. The first kappa shape index (κ1) is 29.8. The average molecular weight is 504 g/mol. The number of Topliss-reactive ketones (excluding diaryl/α,β-unsaturated/α-hetero) is 1. The van der Waals surface area contributed by atoms with Crippen molar-refractivity contribution < 1.29 is 9.59 Å². The number of carbonyl (C=O) groups excluding carboxylic acids is 2. The van der Waals surface area contributed by atoms with E-state index in [-0.39, 0.29) is 29.2 Å². The monoisotopic (exact) mass is 503 g/mol. The van der Waals surface area contributed by atoms with E-state index in [9.17, 15) is 9.59 Å². The molecular weight excluding hydrogens is 466 g/mol. The number of aryl methyl sites for hydroxylation is 1. The predicted octanol–water partition coefficient (Wildman–Crippen LogP) is 5.81. The van der Waals surface area contributed by atoms with E-state index < -0.39 is 0 Å². The molecule has 2 rings (SSSR count). The molecule has 5 nitrogen and oxygen atoms in total. The van der Waals surface area contributed by atoms with Crippen molar-refractivity contribution in [1.82, 2.24) is 10.2 Å². The van der Waals surface area contributed by atoms with Gasteiger partial charge >= 0.3 is 0 Å². The van der Waals surface area contributed by atoms with Gasteiger partial charge in [-0.25, -0.2) is 0 Å². The first-order valence-corrected chi connectivity index (χ1v) is 12.2. The molecule has 2 N–H and O–H groups in total. The van der Waals surface area contributed by atoms with Gasteiger partial charge in [-0.3, -0.25) is 14.9 Å². The maximum Gasteiger partial charge on any atom is 0.257 e. The highest BCUT2D eigenvalue weighted by atomic mass is 35.5. The zero-order valence-electron chi connectivity index (χ0n) is 20.6. The van der Waals surface area contributed by atoms with E-state index in [1.54, 1.807) is 0 Å². The Kier molecular flexibility index (Phi) is 14.3. The van der Waals surface area contributed by atoms with Gasteiger partial charge in [-0.1, -0.05) is 44.0 Å². The zero-order chi connectivity index (χ0) is 24.1. The van der Waals surface area contributed by atoms with Gasteiger partial charge in [-0.15, -0.1) is 12.4 Å². The SMILES string of the molecule is CCCCCc1ccc(C(=O)NC(=S)Nc2ccc(CC(=O)CCCCN(C)C)cc2)cc1.Cl. The number of amides is 1. The molecule has 186 valence electrons. The van der Waals surface area contributed by atoms with Crippen molar-refractivity contribution in [2.75, 3.05) is 26.0 Å². The van der Waals surface area contributed by atoms with Crippen molar-refractivity contribution in [3.8, 4) is 0 Å². The minimum absolute atomic E-state index is 0. The second-order valence-electron chi connectivity index (χ2n) is 8.74. The molecule has 0 atom stereocenters. The number of unbranched alkanes of at least 4 members (excludes halogenated alkanes) is 3. The van der Waals surface area contributed by atoms with Crippen molar-refractivity contribution in [2.24, 2.45) is 0 Å². The van der Waals surface area contributed by atoms with E-state index in [0.717, 1.165) is 37.1 Å². The van der Waals surface area contributed by atoms with Crippen molar-refractivity contribution >= 4 is 47.1 Å². The molecule has 34 heavy (non-hydrogen) atoms. The maximum atomic E-state index is 12.5. The Morgan fingerprint density at radius 1 is 0.882 bits per heavy atom.